The number of urea groups is 1. The molecule has 140 valence electrons. The Balaban J connectivity index is 2.18. The number of ether oxygens (including phenoxy) is 2. The SMILES string of the molecule is CCOC(=O)C1=C(c2ccccc2)NC(=O)N[C@@H]1c1ccc(O)c(OC)c1. The van der Waals surface area contributed by atoms with Gasteiger partial charge in [-0.15, -0.1) is 0 Å². The van der Waals surface area contributed by atoms with E-state index < -0.39 is 18.0 Å². The van der Waals surface area contributed by atoms with Gasteiger partial charge in [0.2, 0.25) is 0 Å². The number of carbonyl (C=O) groups is 2. The lowest BCUT2D eigenvalue weighted by atomic mass is 9.92. The molecule has 27 heavy (non-hydrogen) atoms. The van der Waals surface area contributed by atoms with Gasteiger partial charge in [-0.2, -0.15) is 0 Å². The van der Waals surface area contributed by atoms with Crippen molar-refractivity contribution >= 4 is 17.7 Å². The van der Waals surface area contributed by atoms with Crippen molar-refractivity contribution in [2.24, 2.45) is 0 Å². The number of benzene rings is 2. The molecule has 1 heterocycles. The average Bonchev–Trinajstić information content (AvgIpc) is 2.68. The minimum Gasteiger partial charge on any atom is -0.504 e. The van der Waals surface area contributed by atoms with E-state index in [1.165, 1.54) is 13.2 Å². The van der Waals surface area contributed by atoms with E-state index in [1.807, 2.05) is 18.2 Å². The molecule has 0 bridgehead atoms. The summed E-state index contributed by atoms with van der Waals surface area (Å²) in [6.07, 6.45) is 0. The number of hydrogen-bond donors (Lipinski definition) is 3. The van der Waals surface area contributed by atoms with E-state index in [0.717, 1.165) is 0 Å². The quantitative estimate of drug-likeness (QED) is 0.705. The molecule has 0 fully saturated rings. The second-order valence-electron chi connectivity index (χ2n) is 5.84. The summed E-state index contributed by atoms with van der Waals surface area (Å²) in [5.74, 6) is -0.336. The first-order valence-corrected chi connectivity index (χ1v) is 8.46. The van der Waals surface area contributed by atoms with Gasteiger partial charge in [0.25, 0.3) is 0 Å². The highest BCUT2D eigenvalue weighted by Gasteiger charge is 2.34. The van der Waals surface area contributed by atoms with Crippen molar-refractivity contribution in [3.63, 3.8) is 0 Å². The molecule has 7 heteroatoms. The second-order valence-corrected chi connectivity index (χ2v) is 5.84. The summed E-state index contributed by atoms with van der Waals surface area (Å²) < 4.78 is 10.4. The largest absolute Gasteiger partial charge is 0.504 e. The zero-order valence-corrected chi connectivity index (χ0v) is 15.0. The number of hydrogen-bond acceptors (Lipinski definition) is 5. The number of amides is 2. The summed E-state index contributed by atoms with van der Waals surface area (Å²) in [5, 5.41) is 15.3. The van der Waals surface area contributed by atoms with E-state index in [-0.39, 0.29) is 23.7 Å². The molecule has 1 aliphatic heterocycles. The number of nitrogens with one attached hydrogen (secondary N) is 2. The van der Waals surface area contributed by atoms with Crippen LogP contribution in [0, 0.1) is 0 Å². The van der Waals surface area contributed by atoms with Gasteiger partial charge in [-0.1, -0.05) is 36.4 Å². The second kappa shape index (κ2) is 7.82. The van der Waals surface area contributed by atoms with Gasteiger partial charge < -0.3 is 25.2 Å². The molecule has 0 spiro atoms. The van der Waals surface area contributed by atoms with Crippen LogP contribution in [0.25, 0.3) is 5.70 Å². The van der Waals surface area contributed by atoms with Gasteiger partial charge in [-0.25, -0.2) is 9.59 Å². The molecule has 7 nitrogen and oxygen atoms in total. The molecule has 3 rings (SSSR count). The van der Waals surface area contributed by atoms with Crippen LogP contribution in [0.5, 0.6) is 11.5 Å². The van der Waals surface area contributed by atoms with Crippen molar-refractivity contribution in [3.05, 3.63) is 65.2 Å². The average molecular weight is 368 g/mol. The molecule has 0 aliphatic carbocycles. The first kappa shape index (κ1) is 18.3. The maximum atomic E-state index is 12.7. The number of carbonyl (C=O) groups excluding carboxylic acids is 2. The molecule has 1 aliphatic rings. The highest BCUT2D eigenvalue weighted by Crippen LogP contribution is 2.35. The van der Waals surface area contributed by atoms with Crippen molar-refractivity contribution < 1.29 is 24.2 Å². The van der Waals surface area contributed by atoms with Gasteiger partial charge in [0.1, 0.15) is 0 Å². The first-order valence-electron chi connectivity index (χ1n) is 8.46. The van der Waals surface area contributed by atoms with E-state index in [4.69, 9.17) is 9.47 Å². The Morgan fingerprint density at radius 2 is 1.93 bits per heavy atom. The van der Waals surface area contributed by atoms with Crippen LogP contribution in [0.4, 0.5) is 4.79 Å². The van der Waals surface area contributed by atoms with Crippen molar-refractivity contribution in [2.45, 2.75) is 13.0 Å². The minimum atomic E-state index is -0.762. The monoisotopic (exact) mass is 368 g/mol. The fraction of sp³-hybridized carbons (Fsp3) is 0.200. The topological polar surface area (TPSA) is 96.9 Å². The van der Waals surface area contributed by atoms with Crippen LogP contribution >= 0.6 is 0 Å². The predicted molar refractivity (Wildman–Crippen MR) is 99.1 cm³/mol. The van der Waals surface area contributed by atoms with Gasteiger partial charge in [-0.05, 0) is 30.2 Å². The predicted octanol–water partition coefficient (Wildman–Crippen LogP) is 2.73. The number of rotatable bonds is 5. The lowest BCUT2D eigenvalue weighted by molar-refractivity contribution is -0.138. The van der Waals surface area contributed by atoms with E-state index in [2.05, 4.69) is 10.6 Å². The number of phenolic OH excluding ortho intramolecular Hbond substituents is 1. The van der Waals surface area contributed by atoms with Crippen molar-refractivity contribution in [1.29, 1.82) is 0 Å². The molecule has 0 saturated heterocycles. The molecule has 0 unspecified atom stereocenters. The molecule has 2 amide bonds. The Labute approximate surface area is 156 Å². The summed E-state index contributed by atoms with van der Waals surface area (Å²) in [6.45, 7) is 1.91. The Bertz CT molecular complexity index is 893. The Kier molecular flexibility index (Phi) is 5.30. The molecule has 1 atom stereocenters. The Morgan fingerprint density at radius 1 is 1.19 bits per heavy atom. The molecule has 0 aromatic heterocycles. The van der Waals surface area contributed by atoms with Crippen LogP contribution < -0.4 is 15.4 Å². The summed E-state index contributed by atoms with van der Waals surface area (Å²) in [6, 6.07) is 12.5. The van der Waals surface area contributed by atoms with Gasteiger partial charge in [0.05, 0.1) is 31.0 Å². The van der Waals surface area contributed by atoms with Gasteiger partial charge >= 0.3 is 12.0 Å². The highest BCUT2D eigenvalue weighted by atomic mass is 16.5. The fourth-order valence-electron chi connectivity index (χ4n) is 2.95. The molecule has 0 radical (unpaired) electrons. The van der Waals surface area contributed by atoms with Crippen LogP contribution in [0.2, 0.25) is 0 Å². The van der Waals surface area contributed by atoms with Crippen LogP contribution in [0.15, 0.2) is 54.1 Å². The van der Waals surface area contributed by atoms with Gasteiger partial charge in [-0.3, -0.25) is 0 Å². The van der Waals surface area contributed by atoms with Crippen molar-refractivity contribution in [2.75, 3.05) is 13.7 Å². The molecular formula is C20H20N2O5. The third kappa shape index (κ3) is 3.72. The highest BCUT2D eigenvalue weighted by molar-refractivity contribution is 6.04. The van der Waals surface area contributed by atoms with Gasteiger partial charge in [0, 0.05) is 0 Å². The van der Waals surface area contributed by atoms with Crippen molar-refractivity contribution in [1.82, 2.24) is 10.6 Å². The van der Waals surface area contributed by atoms with E-state index in [9.17, 15) is 14.7 Å². The number of methoxy groups -OCH3 is 1. The minimum absolute atomic E-state index is 0.0357. The smallest absolute Gasteiger partial charge is 0.338 e. The number of esters is 1. The summed E-state index contributed by atoms with van der Waals surface area (Å²) in [7, 11) is 1.43. The zero-order chi connectivity index (χ0) is 19.4. The van der Waals surface area contributed by atoms with Crippen molar-refractivity contribution in [3.8, 4) is 11.5 Å². The van der Waals surface area contributed by atoms with Crippen LogP contribution in [-0.2, 0) is 9.53 Å². The van der Waals surface area contributed by atoms with Crippen LogP contribution in [0.1, 0.15) is 24.1 Å². The summed E-state index contributed by atoms with van der Waals surface area (Å²) >= 11 is 0. The Morgan fingerprint density at radius 3 is 2.59 bits per heavy atom. The molecule has 0 saturated carbocycles. The first-order chi connectivity index (χ1) is 13.0. The fourth-order valence-corrected chi connectivity index (χ4v) is 2.95. The van der Waals surface area contributed by atoms with E-state index >= 15 is 0 Å². The summed E-state index contributed by atoms with van der Waals surface area (Å²) in [5.41, 5.74) is 1.92. The van der Waals surface area contributed by atoms with Gasteiger partial charge in [0.15, 0.2) is 11.5 Å². The maximum Gasteiger partial charge on any atom is 0.338 e. The zero-order valence-electron chi connectivity index (χ0n) is 15.0. The lowest BCUT2D eigenvalue weighted by Gasteiger charge is -2.29. The molecular weight excluding hydrogens is 348 g/mol. The molecule has 3 N–H and O–H groups in total. The standard InChI is InChI=1S/C20H20N2O5/c1-3-27-19(24)16-17(12-7-5-4-6-8-12)21-20(25)22-18(16)13-9-10-14(23)15(11-13)26-2/h4-11,18,23H,3H2,1-2H3,(H2,21,22,25)/t18-/m1/s1. The molecule has 2 aromatic carbocycles. The normalized spacial score (nSPS) is 16.4. The number of aromatic hydroxyl groups is 1. The lowest BCUT2D eigenvalue weighted by Crippen LogP contribution is -2.45. The third-order valence-electron chi connectivity index (χ3n) is 4.17. The summed E-state index contributed by atoms with van der Waals surface area (Å²) in [4.78, 5) is 25.0. The van der Waals surface area contributed by atoms with E-state index in [0.29, 0.717) is 16.8 Å². The van der Waals surface area contributed by atoms with Crippen LogP contribution in [0.3, 0.4) is 0 Å². The third-order valence-corrected chi connectivity index (χ3v) is 4.17. The van der Waals surface area contributed by atoms with E-state index in [1.54, 1.807) is 31.2 Å². The number of phenols is 1. The Hall–Kier alpha value is -3.48. The maximum absolute atomic E-state index is 12.7. The molecule has 2 aromatic rings. The van der Waals surface area contributed by atoms with Crippen LogP contribution in [-0.4, -0.2) is 30.8 Å².